The lowest BCUT2D eigenvalue weighted by Crippen LogP contribution is -2.11. The van der Waals surface area contributed by atoms with Crippen LogP contribution in [0.5, 0.6) is 0 Å². The van der Waals surface area contributed by atoms with Crippen molar-refractivity contribution in [1.29, 1.82) is 0 Å². The Morgan fingerprint density at radius 1 is 1.31 bits per heavy atom. The molecule has 2 aromatic rings. The fraction of sp³-hybridized carbons (Fsp3) is 0.273. The van der Waals surface area contributed by atoms with E-state index < -0.39 is 0 Å². The molecule has 0 bridgehead atoms. The lowest BCUT2D eigenvalue weighted by molar-refractivity contribution is 0.714. The number of nitrogens with zero attached hydrogens (tertiary/aromatic N) is 2. The molecule has 84 valence electrons. The smallest absolute Gasteiger partial charge is 0.156 e. The Kier molecular flexibility index (Phi) is 3.69. The van der Waals surface area contributed by atoms with Gasteiger partial charge < -0.3 is 10.3 Å². The summed E-state index contributed by atoms with van der Waals surface area (Å²) in [4.78, 5) is 11.8. The van der Waals surface area contributed by atoms with Crippen molar-refractivity contribution in [3.05, 3.63) is 34.7 Å². The zero-order valence-electron chi connectivity index (χ0n) is 9.00. The summed E-state index contributed by atoms with van der Waals surface area (Å²) < 4.78 is 0.968. The molecule has 0 fully saturated rings. The topological polar surface area (TPSA) is 53.6 Å². The molecule has 0 aliphatic rings. The van der Waals surface area contributed by atoms with Gasteiger partial charge in [0.05, 0.1) is 6.20 Å². The van der Waals surface area contributed by atoms with E-state index in [1.165, 1.54) is 0 Å². The first-order valence-electron chi connectivity index (χ1n) is 5.16. The summed E-state index contributed by atoms with van der Waals surface area (Å²) in [5, 5.41) is 3.24. The van der Waals surface area contributed by atoms with E-state index in [-0.39, 0.29) is 0 Å². The Morgan fingerprint density at radius 2 is 2.19 bits per heavy atom. The molecule has 0 radical (unpaired) electrons. The predicted octanol–water partition coefficient (Wildman–Crippen LogP) is 2.34. The van der Waals surface area contributed by atoms with Crippen molar-refractivity contribution in [2.75, 3.05) is 6.54 Å². The zero-order chi connectivity index (χ0) is 11.4. The molecular formula is C11H13BrN4. The minimum Gasteiger partial charge on any atom is -0.339 e. The van der Waals surface area contributed by atoms with Crippen molar-refractivity contribution in [3.63, 3.8) is 0 Å². The average Bonchev–Trinajstić information content (AvgIpc) is 2.76. The Labute approximate surface area is 103 Å². The van der Waals surface area contributed by atoms with Gasteiger partial charge in [-0.3, -0.25) is 4.98 Å². The Balaban J connectivity index is 2.15. The summed E-state index contributed by atoms with van der Waals surface area (Å²) in [6, 6.07) is 3.88. The van der Waals surface area contributed by atoms with Crippen LogP contribution in [0.1, 0.15) is 12.6 Å². The van der Waals surface area contributed by atoms with Gasteiger partial charge in [-0.1, -0.05) is 6.92 Å². The number of aromatic amines is 1. The van der Waals surface area contributed by atoms with E-state index in [1.807, 2.05) is 18.3 Å². The van der Waals surface area contributed by atoms with Crippen molar-refractivity contribution in [2.24, 2.45) is 0 Å². The van der Waals surface area contributed by atoms with Gasteiger partial charge in [0.1, 0.15) is 5.69 Å². The fourth-order valence-corrected chi connectivity index (χ4v) is 1.59. The first-order chi connectivity index (χ1) is 7.79. The van der Waals surface area contributed by atoms with Crippen molar-refractivity contribution in [3.8, 4) is 11.5 Å². The van der Waals surface area contributed by atoms with Crippen LogP contribution in [-0.2, 0) is 6.54 Å². The summed E-state index contributed by atoms with van der Waals surface area (Å²) >= 11 is 3.35. The summed E-state index contributed by atoms with van der Waals surface area (Å²) in [5.41, 5.74) is 1.92. The van der Waals surface area contributed by atoms with Crippen molar-refractivity contribution < 1.29 is 0 Å². The van der Waals surface area contributed by atoms with E-state index in [2.05, 4.69) is 43.1 Å². The highest BCUT2D eigenvalue weighted by molar-refractivity contribution is 9.10. The molecule has 0 saturated carbocycles. The molecule has 0 atom stereocenters. The van der Waals surface area contributed by atoms with Gasteiger partial charge in [-0.2, -0.15) is 0 Å². The molecule has 0 aliphatic heterocycles. The van der Waals surface area contributed by atoms with E-state index in [9.17, 15) is 0 Å². The number of halogens is 1. The third-order valence-electron chi connectivity index (χ3n) is 2.16. The van der Waals surface area contributed by atoms with Crippen LogP contribution in [0.15, 0.2) is 29.0 Å². The number of hydrogen-bond donors (Lipinski definition) is 2. The van der Waals surface area contributed by atoms with Gasteiger partial charge in [-0.25, -0.2) is 4.98 Å². The molecule has 0 aromatic carbocycles. The Hall–Kier alpha value is -1.20. The second-order valence-corrected chi connectivity index (χ2v) is 4.31. The SMILES string of the molecule is CCNCc1cnc(-c2ccc(Br)cn2)[nH]1. The molecule has 16 heavy (non-hydrogen) atoms. The summed E-state index contributed by atoms with van der Waals surface area (Å²) in [6.45, 7) is 3.83. The fourth-order valence-electron chi connectivity index (χ4n) is 1.35. The monoisotopic (exact) mass is 280 g/mol. The minimum absolute atomic E-state index is 0.806. The highest BCUT2D eigenvalue weighted by Crippen LogP contribution is 2.15. The number of imidazole rings is 1. The van der Waals surface area contributed by atoms with Gasteiger partial charge in [0.2, 0.25) is 0 Å². The van der Waals surface area contributed by atoms with Gasteiger partial charge >= 0.3 is 0 Å². The molecule has 0 spiro atoms. The third kappa shape index (κ3) is 2.68. The number of H-pyrrole nitrogens is 1. The van der Waals surface area contributed by atoms with Gasteiger partial charge in [-0.05, 0) is 34.6 Å². The lowest BCUT2D eigenvalue weighted by Gasteiger charge is -1.98. The molecule has 0 saturated heterocycles. The number of rotatable bonds is 4. The maximum atomic E-state index is 4.30. The molecule has 4 nitrogen and oxygen atoms in total. The van der Waals surface area contributed by atoms with E-state index in [4.69, 9.17) is 0 Å². The first-order valence-corrected chi connectivity index (χ1v) is 5.95. The Morgan fingerprint density at radius 3 is 2.88 bits per heavy atom. The molecule has 2 N–H and O–H groups in total. The molecule has 0 aliphatic carbocycles. The second kappa shape index (κ2) is 5.23. The second-order valence-electron chi connectivity index (χ2n) is 3.40. The van der Waals surface area contributed by atoms with E-state index >= 15 is 0 Å². The van der Waals surface area contributed by atoms with Crippen LogP contribution in [0.2, 0.25) is 0 Å². The molecule has 0 unspecified atom stereocenters. The highest BCUT2D eigenvalue weighted by atomic mass is 79.9. The third-order valence-corrected chi connectivity index (χ3v) is 2.63. The Bertz CT molecular complexity index is 449. The van der Waals surface area contributed by atoms with Gasteiger partial charge in [-0.15, -0.1) is 0 Å². The predicted molar refractivity (Wildman–Crippen MR) is 66.9 cm³/mol. The lowest BCUT2D eigenvalue weighted by atomic mass is 10.3. The summed E-state index contributed by atoms with van der Waals surface area (Å²) in [6.07, 6.45) is 3.60. The normalized spacial score (nSPS) is 10.6. The van der Waals surface area contributed by atoms with Crippen LogP contribution in [0, 0.1) is 0 Å². The molecule has 2 rings (SSSR count). The van der Waals surface area contributed by atoms with E-state index in [1.54, 1.807) is 6.20 Å². The maximum Gasteiger partial charge on any atom is 0.156 e. The summed E-state index contributed by atoms with van der Waals surface area (Å²) in [5.74, 6) is 0.806. The number of aromatic nitrogens is 3. The van der Waals surface area contributed by atoms with Gasteiger partial charge in [0.25, 0.3) is 0 Å². The molecule has 2 heterocycles. The number of pyridine rings is 1. The highest BCUT2D eigenvalue weighted by Gasteiger charge is 2.03. The number of hydrogen-bond acceptors (Lipinski definition) is 3. The van der Waals surface area contributed by atoms with Crippen LogP contribution in [0.25, 0.3) is 11.5 Å². The molecule has 2 aromatic heterocycles. The number of nitrogens with one attached hydrogen (secondary N) is 2. The van der Waals surface area contributed by atoms with Crippen molar-refractivity contribution in [1.82, 2.24) is 20.3 Å². The van der Waals surface area contributed by atoms with E-state index in [0.29, 0.717) is 0 Å². The first kappa shape index (κ1) is 11.3. The minimum atomic E-state index is 0.806. The van der Waals surface area contributed by atoms with Crippen molar-refractivity contribution in [2.45, 2.75) is 13.5 Å². The van der Waals surface area contributed by atoms with E-state index in [0.717, 1.165) is 34.8 Å². The van der Waals surface area contributed by atoms with Crippen molar-refractivity contribution >= 4 is 15.9 Å². The maximum absolute atomic E-state index is 4.30. The quantitative estimate of drug-likeness (QED) is 0.904. The van der Waals surface area contributed by atoms with Crippen LogP contribution < -0.4 is 5.32 Å². The molecule has 0 amide bonds. The van der Waals surface area contributed by atoms with Crippen LogP contribution in [0.3, 0.4) is 0 Å². The van der Waals surface area contributed by atoms with Crippen LogP contribution in [0.4, 0.5) is 0 Å². The molecular weight excluding hydrogens is 268 g/mol. The average molecular weight is 281 g/mol. The molecule has 5 heteroatoms. The van der Waals surface area contributed by atoms with Gasteiger partial charge in [0, 0.05) is 22.9 Å². The standard InChI is InChI=1S/C11H13BrN4/c1-2-13-6-9-7-15-11(16-9)10-4-3-8(12)5-14-10/h3-5,7,13H,2,6H2,1H3,(H,15,16). The summed E-state index contributed by atoms with van der Waals surface area (Å²) in [7, 11) is 0. The van der Waals surface area contributed by atoms with Gasteiger partial charge in [0.15, 0.2) is 5.82 Å². The van der Waals surface area contributed by atoms with Crippen LogP contribution in [-0.4, -0.2) is 21.5 Å². The van der Waals surface area contributed by atoms with Crippen LogP contribution >= 0.6 is 15.9 Å². The largest absolute Gasteiger partial charge is 0.339 e. The zero-order valence-corrected chi connectivity index (χ0v) is 10.6.